The Morgan fingerprint density at radius 3 is 2.67 bits per heavy atom. The molecule has 6 nitrogen and oxygen atoms in total. The van der Waals surface area contributed by atoms with Crippen molar-refractivity contribution in [1.82, 2.24) is 9.55 Å². The SMILES string of the molecule is Cc1sc(NC(=O)Cn2cnc(N)c(Cl)c2=O)c(C)c1C. The van der Waals surface area contributed by atoms with Gasteiger partial charge in [-0.1, -0.05) is 11.6 Å². The number of carbonyl (C=O) groups is 1. The maximum Gasteiger partial charge on any atom is 0.274 e. The number of nitrogens with two attached hydrogens (primary N) is 1. The van der Waals surface area contributed by atoms with Gasteiger partial charge in [0, 0.05) is 4.88 Å². The number of hydrogen-bond acceptors (Lipinski definition) is 5. The Labute approximate surface area is 130 Å². The van der Waals surface area contributed by atoms with Gasteiger partial charge in [0.15, 0.2) is 0 Å². The summed E-state index contributed by atoms with van der Waals surface area (Å²) < 4.78 is 1.12. The zero-order valence-corrected chi connectivity index (χ0v) is 13.4. The first-order chi connectivity index (χ1) is 9.81. The molecule has 0 aliphatic heterocycles. The van der Waals surface area contributed by atoms with Gasteiger partial charge >= 0.3 is 0 Å². The highest BCUT2D eigenvalue weighted by Crippen LogP contribution is 2.31. The second-order valence-electron chi connectivity index (χ2n) is 4.66. The zero-order chi connectivity index (χ0) is 15.7. The van der Waals surface area contributed by atoms with E-state index in [9.17, 15) is 9.59 Å². The van der Waals surface area contributed by atoms with E-state index in [2.05, 4.69) is 10.3 Å². The van der Waals surface area contributed by atoms with Crippen molar-refractivity contribution in [2.24, 2.45) is 0 Å². The number of amides is 1. The van der Waals surface area contributed by atoms with Gasteiger partial charge in [-0.05, 0) is 31.9 Å². The van der Waals surface area contributed by atoms with E-state index >= 15 is 0 Å². The van der Waals surface area contributed by atoms with E-state index in [0.717, 1.165) is 25.6 Å². The van der Waals surface area contributed by atoms with Gasteiger partial charge in [0.05, 0.1) is 5.00 Å². The molecule has 112 valence electrons. The third-order valence-corrected chi connectivity index (χ3v) is 4.84. The summed E-state index contributed by atoms with van der Waals surface area (Å²) in [5.41, 5.74) is 7.09. The molecular weight excluding hydrogens is 312 g/mol. The van der Waals surface area contributed by atoms with Crippen LogP contribution in [0.3, 0.4) is 0 Å². The maximum absolute atomic E-state index is 12.0. The minimum absolute atomic E-state index is 0.0429. The second kappa shape index (κ2) is 5.87. The molecule has 2 heterocycles. The molecule has 0 bridgehead atoms. The number of carbonyl (C=O) groups excluding carboxylic acids is 1. The number of nitrogen functional groups attached to an aromatic ring is 1. The fraction of sp³-hybridized carbons (Fsp3) is 0.308. The monoisotopic (exact) mass is 326 g/mol. The second-order valence-corrected chi connectivity index (χ2v) is 6.27. The molecule has 2 rings (SSSR count). The van der Waals surface area contributed by atoms with Crippen molar-refractivity contribution < 1.29 is 4.79 Å². The molecule has 0 aliphatic rings. The van der Waals surface area contributed by atoms with Crippen molar-refractivity contribution in [2.45, 2.75) is 27.3 Å². The smallest absolute Gasteiger partial charge is 0.274 e. The van der Waals surface area contributed by atoms with E-state index in [1.165, 1.54) is 17.7 Å². The summed E-state index contributed by atoms with van der Waals surface area (Å²) in [5.74, 6) is -0.359. The third kappa shape index (κ3) is 3.08. The molecule has 21 heavy (non-hydrogen) atoms. The quantitative estimate of drug-likeness (QED) is 0.903. The first-order valence-electron chi connectivity index (χ1n) is 6.18. The standard InChI is InChI=1S/C13H15ClN4O2S/c1-6-7(2)12(21-8(6)3)17-9(19)4-18-5-16-11(15)10(14)13(18)20/h5H,4,15H2,1-3H3,(H,17,19). The highest BCUT2D eigenvalue weighted by molar-refractivity contribution is 7.16. The van der Waals surface area contributed by atoms with Crippen LogP contribution in [0.15, 0.2) is 11.1 Å². The molecular formula is C13H15ClN4O2S. The Hall–Kier alpha value is -1.86. The predicted octanol–water partition coefficient (Wildman–Crippen LogP) is 2.10. The lowest BCUT2D eigenvalue weighted by molar-refractivity contribution is -0.116. The van der Waals surface area contributed by atoms with E-state index in [-0.39, 0.29) is 23.3 Å². The molecule has 0 aromatic carbocycles. The van der Waals surface area contributed by atoms with Crippen LogP contribution < -0.4 is 16.6 Å². The summed E-state index contributed by atoms with van der Waals surface area (Å²) in [6, 6.07) is 0. The molecule has 0 spiro atoms. The number of aryl methyl sites for hydroxylation is 1. The van der Waals surface area contributed by atoms with Crippen LogP contribution in [0.1, 0.15) is 16.0 Å². The van der Waals surface area contributed by atoms with Crippen molar-refractivity contribution in [3.05, 3.63) is 37.7 Å². The number of nitrogens with zero attached hydrogens (tertiary/aromatic N) is 2. The number of rotatable bonds is 3. The van der Waals surface area contributed by atoms with E-state index in [1.54, 1.807) is 0 Å². The molecule has 0 atom stereocenters. The number of aromatic nitrogens is 2. The van der Waals surface area contributed by atoms with Crippen LogP contribution in [0.2, 0.25) is 5.02 Å². The van der Waals surface area contributed by atoms with E-state index in [4.69, 9.17) is 17.3 Å². The number of thiophene rings is 1. The van der Waals surface area contributed by atoms with Gasteiger partial charge in [-0.2, -0.15) is 0 Å². The molecule has 0 unspecified atom stereocenters. The largest absolute Gasteiger partial charge is 0.382 e. The Morgan fingerprint density at radius 1 is 1.43 bits per heavy atom. The van der Waals surface area contributed by atoms with Crippen molar-refractivity contribution in [1.29, 1.82) is 0 Å². The average molecular weight is 327 g/mol. The number of halogens is 1. The Balaban J connectivity index is 2.18. The van der Waals surface area contributed by atoms with Crippen molar-refractivity contribution in [2.75, 3.05) is 11.1 Å². The first kappa shape index (κ1) is 15.5. The molecule has 0 fully saturated rings. The molecule has 3 N–H and O–H groups in total. The lowest BCUT2D eigenvalue weighted by atomic mass is 10.2. The van der Waals surface area contributed by atoms with E-state index < -0.39 is 5.56 Å². The van der Waals surface area contributed by atoms with E-state index in [1.807, 2.05) is 20.8 Å². The molecule has 2 aromatic heterocycles. The van der Waals surface area contributed by atoms with Crippen LogP contribution in [-0.4, -0.2) is 15.5 Å². The fourth-order valence-corrected chi connectivity index (χ4v) is 3.01. The van der Waals surface area contributed by atoms with Crippen molar-refractivity contribution >= 4 is 39.7 Å². The normalized spacial score (nSPS) is 10.7. The average Bonchev–Trinajstić information content (AvgIpc) is 2.67. The maximum atomic E-state index is 12.0. The van der Waals surface area contributed by atoms with Crippen LogP contribution in [0.4, 0.5) is 10.8 Å². The van der Waals surface area contributed by atoms with Gasteiger partial charge in [-0.3, -0.25) is 14.2 Å². The van der Waals surface area contributed by atoms with Gasteiger partial charge in [-0.25, -0.2) is 4.98 Å². The van der Waals surface area contributed by atoms with Crippen LogP contribution in [0.25, 0.3) is 0 Å². The minimum Gasteiger partial charge on any atom is -0.382 e. The molecule has 0 saturated heterocycles. The summed E-state index contributed by atoms with van der Waals surface area (Å²) in [6.07, 6.45) is 1.21. The highest BCUT2D eigenvalue weighted by Gasteiger charge is 2.13. The van der Waals surface area contributed by atoms with E-state index in [0.29, 0.717) is 0 Å². The molecule has 0 saturated carbocycles. The van der Waals surface area contributed by atoms with Crippen LogP contribution in [0, 0.1) is 20.8 Å². The summed E-state index contributed by atoms with van der Waals surface area (Å²) in [4.78, 5) is 28.8. The topological polar surface area (TPSA) is 90.0 Å². The predicted molar refractivity (Wildman–Crippen MR) is 85.1 cm³/mol. The zero-order valence-electron chi connectivity index (χ0n) is 11.9. The van der Waals surface area contributed by atoms with Crippen LogP contribution in [-0.2, 0) is 11.3 Å². The van der Waals surface area contributed by atoms with Crippen LogP contribution >= 0.6 is 22.9 Å². The lowest BCUT2D eigenvalue weighted by Gasteiger charge is -2.07. The number of hydrogen-bond donors (Lipinski definition) is 2. The Morgan fingerprint density at radius 2 is 2.10 bits per heavy atom. The molecule has 1 amide bonds. The summed E-state index contributed by atoms with van der Waals surface area (Å²) >= 11 is 7.23. The highest BCUT2D eigenvalue weighted by atomic mass is 35.5. The van der Waals surface area contributed by atoms with Crippen molar-refractivity contribution in [3.8, 4) is 0 Å². The van der Waals surface area contributed by atoms with Gasteiger partial charge in [0.2, 0.25) is 5.91 Å². The Kier molecular flexibility index (Phi) is 4.34. The number of anilines is 2. The Bertz CT molecular complexity index is 766. The van der Waals surface area contributed by atoms with Crippen LogP contribution in [0.5, 0.6) is 0 Å². The van der Waals surface area contributed by atoms with Gasteiger partial charge in [-0.15, -0.1) is 11.3 Å². The third-order valence-electron chi connectivity index (χ3n) is 3.26. The summed E-state index contributed by atoms with van der Waals surface area (Å²) in [6.45, 7) is 5.78. The van der Waals surface area contributed by atoms with Gasteiger partial charge < -0.3 is 11.1 Å². The van der Waals surface area contributed by atoms with Gasteiger partial charge in [0.25, 0.3) is 5.56 Å². The minimum atomic E-state index is -0.533. The summed E-state index contributed by atoms with van der Waals surface area (Å²) in [7, 11) is 0. The molecule has 2 aromatic rings. The molecule has 0 radical (unpaired) electrons. The first-order valence-corrected chi connectivity index (χ1v) is 7.37. The molecule has 0 aliphatic carbocycles. The van der Waals surface area contributed by atoms with Crippen molar-refractivity contribution in [3.63, 3.8) is 0 Å². The molecule has 8 heteroatoms. The van der Waals surface area contributed by atoms with Gasteiger partial charge in [0.1, 0.15) is 23.7 Å². The summed E-state index contributed by atoms with van der Waals surface area (Å²) in [5, 5.41) is 3.41. The number of nitrogens with one attached hydrogen (secondary N) is 1. The fourth-order valence-electron chi connectivity index (χ4n) is 1.77. The lowest BCUT2D eigenvalue weighted by Crippen LogP contribution is -2.28.